The van der Waals surface area contributed by atoms with Crippen LogP contribution in [-0.2, 0) is 5.41 Å². The minimum Gasteiger partial charge on any atom is -0.456 e. The molecule has 11 rings (SSSR count). The standard InChI is InChI=1S/C53H36N4O/c1-3-19-42(52-55-50(35-20-7-4-8-21-35)54-51(56-52)36-22-9-5-10-23-36)47-34(2)53(37-24-11-6-12-25-37,44-31-18-29-41-39-27-14-16-33-46(39)58-49(41)44)43-30-17-28-40-38-26-13-15-32-45(38)57(47)48(40)43/h3-33H,2H2,1H3/b19-3-,47-42-/t53-/m1/s1. The van der Waals surface area contributed by atoms with Crippen LogP contribution in [0.25, 0.3) is 77.8 Å². The molecule has 0 fully saturated rings. The first-order chi connectivity index (χ1) is 28.7. The minimum atomic E-state index is -0.905. The van der Waals surface area contributed by atoms with E-state index in [0.717, 1.165) is 88.4 Å². The molecule has 0 N–H and O–H groups in total. The van der Waals surface area contributed by atoms with Crippen molar-refractivity contribution in [1.82, 2.24) is 19.5 Å². The van der Waals surface area contributed by atoms with Gasteiger partial charge >= 0.3 is 0 Å². The lowest BCUT2D eigenvalue weighted by molar-refractivity contribution is 0.644. The van der Waals surface area contributed by atoms with Crippen molar-refractivity contribution >= 4 is 55.0 Å². The topological polar surface area (TPSA) is 56.7 Å². The molecule has 0 bridgehead atoms. The van der Waals surface area contributed by atoms with Crippen LogP contribution in [0.2, 0.25) is 0 Å². The summed E-state index contributed by atoms with van der Waals surface area (Å²) in [6.07, 6.45) is 4.20. The molecule has 0 unspecified atom stereocenters. The Bertz CT molecular complexity index is 3240. The second kappa shape index (κ2) is 13.2. The van der Waals surface area contributed by atoms with Crippen molar-refractivity contribution in [3.05, 3.63) is 223 Å². The first kappa shape index (κ1) is 33.7. The van der Waals surface area contributed by atoms with Crippen LogP contribution in [0.1, 0.15) is 29.4 Å². The number of allylic oxidation sites excluding steroid dienone is 5. The van der Waals surface area contributed by atoms with Crippen LogP contribution in [-0.4, -0.2) is 19.5 Å². The molecule has 0 saturated carbocycles. The Hall–Kier alpha value is -7.63. The highest BCUT2D eigenvalue weighted by molar-refractivity contribution is 6.17. The van der Waals surface area contributed by atoms with E-state index >= 15 is 0 Å². The maximum absolute atomic E-state index is 6.92. The fraction of sp³-hybridized carbons (Fsp3) is 0.0377. The SMILES string of the molecule is C=C1/C(=C(\C=C/C)c2nc(-c3ccccc3)nc(-c3ccccc3)n2)n2c3ccccc3c3cccc(c32)[C@@]1(c1ccccc1)c1cccc2c1oc1ccccc12. The molecule has 0 radical (unpaired) electrons. The van der Waals surface area contributed by atoms with E-state index in [4.69, 9.17) is 25.9 Å². The van der Waals surface area contributed by atoms with Crippen molar-refractivity contribution < 1.29 is 4.42 Å². The Labute approximate surface area is 335 Å². The molecule has 274 valence electrons. The Morgan fingerprint density at radius 3 is 1.83 bits per heavy atom. The van der Waals surface area contributed by atoms with Gasteiger partial charge in [-0.15, -0.1) is 0 Å². The van der Waals surface area contributed by atoms with E-state index in [1.807, 2.05) is 79.7 Å². The molecular weight excluding hydrogens is 709 g/mol. The van der Waals surface area contributed by atoms with Gasteiger partial charge in [-0.25, -0.2) is 15.0 Å². The predicted molar refractivity (Wildman–Crippen MR) is 237 cm³/mol. The van der Waals surface area contributed by atoms with Crippen molar-refractivity contribution in [2.45, 2.75) is 12.3 Å². The Morgan fingerprint density at radius 2 is 1.14 bits per heavy atom. The number of hydrogen-bond acceptors (Lipinski definition) is 4. The van der Waals surface area contributed by atoms with Gasteiger partial charge in [-0.1, -0.05) is 183 Å². The summed E-state index contributed by atoms with van der Waals surface area (Å²) in [5.74, 6) is 1.74. The van der Waals surface area contributed by atoms with Crippen LogP contribution in [0.15, 0.2) is 205 Å². The van der Waals surface area contributed by atoms with E-state index in [1.54, 1.807) is 0 Å². The van der Waals surface area contributed by atoms with Crippen LogP contribution < -0.4 is 0 Å². The average Bonchev–Trinajstić information content (AvgIpc) is 3.84. The molecule has 7 aromatic carbocycles. The number of hydrogen-bond donors (Lipinski definition) is 0. The zero-order valence-electron chi connectivity index (χ0n) is 31.8. The number of rotatable bonds is 6. The van der Waals surface area contributed by atoms with Gasteiger partial charge in [-0.05, 0) is 35.8 Å². The van der Waals surface area contributed by atoms with Crippen molar-refractivity contribution in [3.8, 4) is 22.8 Å². The highest BCUT2D eigenvalue weighted by atomic mass is 16.3. The van der Waals surface area contributed by atoms with Crippen molar-refractivity contribution in [3.63, 3.8) is 0 Å². The van der Waals surface area contributed by atoms with Gasteiger partial charge in [-0.2, -0.15) is 0 Å². The molecule has 5 heteroatoms. The quantitative estimate of drug-likeness (QED) is 0.170. The van der Waals surface area contributed by atoms with Gasteiger partial charge in [0.15, 0.2) is 17.5 Å². The number of benzene rings is 7. The van der Waals surface area contributed by atoms with E-state index in [1.165, 1.54) is 0 Å². The lowest BCUT2D eigenvalue weighted by atomic mass is 9.62. The highest BCUT2D eigenvalue weighted by Crippen LogP contribution is 2.58. The average molecular weight is 745 g/mol. The highest BCUT2D eigenvalue weighted by Gasteiger charge is 2.48. The van der Waals surface area contributed by atoms with Gasteiger partial charge in [0, 0.05) is 43.8 Å². The van der Waals surface area contributed by atoms with Crippen LogP contribution in [0.5, 0.6) is 0 Å². The van der Waals surface area contributed by atoms with Crippen LogP contribution >= 0.6 is 0 Å². The van der Waals surface area contributed by atoms with Crippen molar-refractivity contribution in [2.75, 3.05) is 0 Å². The van der Waals surface area contributed by atoms with E-state index in [2.05, 4.69) is 120 Å². The second-order valence-corrected chi connectivity index (χ2v) is 14.7. The minimum absolute atomic E-state index is 0.552. The van der Waals surface area contributed by atoms with Crippen LogP contribution in [0.4, 0.5) is 0 Å². The molecule has 1 aliphatic heterocycles. The normalized spacial score (nSPS) is 16.3. The summed E-state index contributed by atoms with van der Waals surface area (Å²) in [4.78, 5) is 15.7. The maximum Gasteiger partial charge on any atom is 0.166 e. The number of para-hydroxylation sites is 4. The van der Waals surface area contributed by atoms with Crippen LogP contribution in [0, 0.1) is 0 Å². The maximum atomic E-state index is 6.92. The van der Waals surface area contributed by atoms with Gasteiger partial charge in [0.05, 0.1) is 22.1 Å². The molecule has 0 amide bonds. The lowest BCUT2D eigenvalue weighted by Gasteiger charge is -2.43. The summed E-state index contributed by atoms with van der Waals surface area (Å²) < 4.78 is 9.32. The third kappa shape index (κ3) is 4.86. The van der Waals surface area contributed by atoms with E-state index < -0.39 is 5.41 Å². The summed E-state index contributed by atoms with van der Waals surface area (Å²) in [5, 5.41) is 4.45. The van der Waals surface area contributed by atoms with Gasteiger partial charge < -0.3 is 8.98 Å². The second-order valence-electron chi connectivity index (χ2n) is 14.7. The van der Waals surface area contributed by atoms with Crippen molar-refractivity contribution in [1.29, 1.82) is 0 Å². The Balaban J connectivity index is 1.34. The summed E-state index contributed by atoms with van der Waals surface area (Å²) in [6.45, 7) is 7.24. The van der Waals surface area contributed by atoms with Gasteiger partial charge in [0.25, 0.3) is 0 Å². The molecular formula is C53H36N4O. The number of fused-ring (bicyclic) bond motifs is 6. The first-order valence-electron chi connectivity index (χ1n) is 19.6. The van der Waals surface area contributed by atoms with Gasteiger partial charge in [-0.3, -0.25) is 0 Å². The zero-order chi connectivity index (χ0) is 38.8. The first-order valence-corrected chi connectivity index (χ1v) is 19.6. The monoisotopic (exact) mass is 744 g/mol. The van der Waals surface area contributed by atoms with Crippen molar-refractivity contribution in [2.24, 2.45) is 0 Å². The zero-order valence-corrected chi connectivity index (χ0v) is 31.8. The van der Waals surface area contributed by atoms with Gasteiger partial charge in [0.2, 0.25) is 0 Å². The lowest BCUT2D eigenvalue weighted by Crippen LogP contribution is -2.37. The molecule has 5 nitrogen and oxygen atoms in total. The summed E-state index contributed by atoms with van der Waals surface area (Å²) in [7, 11) is 0. The molecule has 1 aliphatic rings. The fourth-order valence-corrected chi connectivity index (χ4v) is 9.19. The molecule has 0 aliphatic carbocycles. The molecule has 1 atom stereocenters. The predicted octanol–water partition coefficient (Wildman–Crippen LogP) is 13.1. The molecule has 0 spiro atoms. The van der Waals surface area contributed by atoms with Crippen LogP contribution in [0.3, 0.4) is 0 Å². The van der Waals surface area contributed by atoms with Gasteiger partial charge in [0.1, 0.15) is 11.2 Å². The summed E-state index contributed by atoms with van der Waals surface area (Å²) in [5.41, 5.74) is 10.6. The molecule has 58 heavy (non-hydrogen) atoms. The molecule has 10 aromatic rings. The molecule has 3 aromatic heterocycles. The molecule has 4 heterocycles. The third-order valence-electron chi connectivity index (χ3n) is 11.6. The van der Waals surface area contributed by atoms with E-state index in [0.29, 0.717) is 17.5 Å². The van der Waals surface area contributed by atoms with E-state index in [9.17, 15) is 0 Å². The number of furan rings is 1. The Kier molecular flexibility index (Phi) is 7.70. The Morgan fingerprint density at radius 1 is 0.569 bits per heavy atom. The fourth-order valence-electron chi connectivity index (χ4n) is 9.19. The smallest absolute Gasteiger partial charge is 0.166 e. The molecule has 0 saturated heterocycles. The summed E-state index contributed by atoms with van der Waals surface area (Å²) >= 11 is 0. The number of nitrogens with zero attached hydrogens (tertiary/aromatic N) is 4. The largest absolute Gasteiger partial charge is 0.456 e. The summed E-state index contributed by atoms with van der Waals surface area (Å²) in [6, 6.07) is 61.2. The third-order valence-corrected chi connectivity index (χ3v) is 11.6. The number of aromatic nitrogens is 4. The van der Waals surface area contributed by atoms with E-state index in [-0.39, 0.29) is 0 Å².